The number of nitrogens with one attached hydrogen (secondary N) is 1. The van der Waals surface area contributed by atoms with Crippen molar-refractivity contribution in [2.24, 2.45) is 0 Å². The van der Waals surface area contributed by atoms with E-state index in [0.717, 1.165) is 24.3 Å². The van der Waals surface area contributed by atoms with E-state index in [1.165, 1.54) is 18.2 Å². The van der Waals surface area contributed by atoms with Gasteiger partial charge in [0.2, 0.25) is 0 Å². The molecule has 0 bridgehead atoms. The summed E-state index contributed by atoms with van der Waals surface area (Å²) in [5.74, 6) is -0.0378. The highest BCUT2D eigenvalue weighted by atomic mass is 32.1. The van der Waals surface area contributed by atoms with Gasteiger partial charge in [0.15, 0.2) is 0 Å². The van der Waals surface area contributed by atoms with Crippen molar-refractivity contribution in [2.75, 3.05) is 6.54 Å². The summed E-state index contributed by atoms with van der Waals surface area (Å²) in [4.78, 5) is 0. The maximum absolute atomic E-state index is 12.7. The summed E-state index contributed by atoms with van der Waals surface area (Å²) in [6.07, 6.45) is -1.04. The van der Waals surface area contributed by atoms with Crippen molar-refractivity contribution in [3.8, 4) is 0 Å². The molecule has 1 aliphatic carbocycles. The van der Waals surface area contributed by atoms with Crippen LogP contribution in [0.15, 0.2) is 10.8 Å². The summed E-state index contributed by atoms with van der Waals surface area (Å²) in [6.45, 7) is 2.67. The number of halogens is 3. The van der Waals surface area contributed by atoms with E-state index in [1.807, 2.05) is 6.92 Å². The average Bonchev–Trinajstić information content (AvgIpc) is 2.91. The van der Waals surface area contributed by atoms with E-state index in [4.69, 9.17) is 0 Å². The standard InChI is InChI=1S/C12H16F3NS/c1-8(4-5-16-9-2-3-9)10-6-17-7-11(10)12(13,14)15/h6-9,16H,2-5H2,1H3. The fraction of sp³-hybridized carbons (Fsp3) is 0.667. The second-order valence-corrected chi connectivity index (χ2v) is 5.40. The van der Waals surface area contributed by atoms with E-state index in [-0.39, 0.29) is 5.92 Å². The van der Waals surface area contributed by atoms with Crippen LogP contribution >= 0.6 is 11.3 Å². The lowest BCUT2D eigenvalue weighted by atomic mass is 9.96. The molecule has 0 spiro atoms. The molecule has 0 aliphatic heterocycles. The molecule has 17 heavy (non-hydrogen) atoms. The zero-order valence-electron chi connectivity index (χ0n) is 9.68. The van der Waals surface area contributed by atoms with Crippen LogP contribution in [0, 0.1) is 0 Å². The Morgan fingerprint density at radius 2 is 2.12 bits per heavy atom. The molecule has 0 amide bonds. The van der Waals surface area contributed by atoms with Crippen molar-refractivity contribution >= 4 is 11.3 Å². The molecule has 0 aromatic carbocycles. The van der Waals surface area contributed by atoms with Gasteiger partial charge < -0.3 is 5.32 Å². The van der Waals surface area contributed by atoms with Crippen molar-refractivity contribution in [3.63, 3.8) is 0 Å². The first-order valence-electron chi connectivity index (χ1n) is 5.85. The second kappa shape index (κ2) is 4.98. The third-order valence-corrected chi connectivity index (χ3v) is 3.88. The van der Waals surface area contributed by atoms with E-state index in [1.54, 1.807) is 5.38 Å². The Kier molecular flexibility index (Phi) is 3.78. The monoisotopic (exact) mass is 263 g/mol. The molecule has 1 heterocycles. The van der Waals surface area contributed by atoms with Gasteiger partial charge in [0, 0.05) is 11.4 Å². The topological polar surface area (TPSA) is 12.0 Å². The highest BCUT2D eigenvalue weighted by Crippen LogP contribution is 2.38. The Bertz CT molecular complexity index is 368. The van der Waals surface area contributed by atoms with Gasteiger partial charge in [0.05, 0.1) is 5.56 Å². The summed E-state index contributed by atoms with van der Waals surface area (Å²) >= 11 is 1.13. The van der Waals surface area contributed by atoms with Crippen LogP contribution in [-0.2, 0) is 6.18 Å². The highest BCUT2D eigenvalue weighted by Gasteiger charge is 2.35. The predicted molar refractivity (Wildman–Crippen MR) is 63.4 cm³/mol. The molecule has 2 rings (SSSR count). The molecule has 0 saturated heterocycles. The lowest BCUT2D eigenvalue weighted by Gasteiger charge is -2.14. The van der Waals surface area contributed by atoms with Gasteiger partial charge in [-0.05, 0) is 42.7 Å². The Morgan fingerprint density at radius 1 is 1.41 bits per heavy atom. The molecule has 1 atom stereocenters. The summed E-state index contributed by atoms with van der Waals surface area (Å²) in [5.41, 5.74) is -0.0125. The van der Waals surface area contributed by atoms with Crippen molar-refractivity contribution < 1.29 is 13.2 Å². The molecular weight excluding hydrogens is 247 g/mol. The Hall–Kier alpha value is -0.550. The number of hydrogen-bond donors (Lipinski definition) is 1. The quantitative estimate of drug-likeness (QED) is 0.846. The number of thiophene rings is 1. The third kappa shape index (κ3) is 3.45. The van der Waals surface area contributed by atoms with Crippen LogP contribution in [0.3, 0.4) is 0 Å². The van der Waals surface area contributed by atoms with Crippen LogP contribution < -0.4 is 5.32 Å². The molecule has 1 unspecified atom stereocenters. The number of alkyl halides is 3. The zero-order valence-corrected chi connectivity index (χ0v) is 10.5. The summed E-state index contributed by atoms with van der Waals surface area (Å²) < 4.78 is 38.1. The van der Waals surface area contributed by atoms with Crippen molar-refractivity contribution in [3.05, 3.63) is 21.9 Å². The van der Waals surface area contributed by atoms with Crippen LogP contribution in [-0.4, -0.2) is 12.6 Å². The molecule has 1 N–H and O–H groups in total. The maximum atomic E-state index is 12.7. The summed E-state index contributed by atoms with van der Waals surface area (Å²) in [6, 6.07) is 0.617. The molecular formula is C12H16F3NS. The fourth-order valence-electron chi connectivity index (χ4n) is 1.87. The number of hydrogen-bond acceptors (Lipinski definition) is 2. The Morgan fingerprint density at radius 3 is 2.71 bits per heavy atom. The first kappa shape index (κ1) is 12.9. The lowest BCUT2D eigenvalue weighted by molar-refractivity contribution is -0.138. The van der Waals surface area contributed by atoms with E-state index in [9.17, 15) is 13.2 Å². The normalized spacial score (nSPS) is 18.4. The Labute approximate surface area is 103 Å². The van der Waals surface area contributed by atoms with Crippen molar-refractivity contribution in [2.45, 2.75) is 44.3 Å². The van der Waals surface area contributed by atoms with Gasteiger partial charge >= 0.3 is 6.18 Å². The van der Waals surface area contributed by atoms with Gasteiger partial charge in [-0.25, -0.2) is 0 Å². The molecule has 1 fully saturated rings. The largest absolute Gasteiger partial charge is 0.417 e. The van der Waals surface area contributed by atoms with Gasteiger partial charge in [-0.2, -0.15) is 24.5 Å². The van der Waals surface area contributed by atoms with Crippen LogP contribution in [0.25, 0.3) is 0 Å². The molecule has 1 aromatic rings. The van der Waals surface area contributed by atoms with E-state index in [2.05, 4.69) is 5.32 Å². The molecule has 96 valence electrons. The van der Waals surface area contributed by atoms with Gasteiger partial charge in [-0.1, -0.05) is 6.92 Å². The van der Waals surface area contributed by atoms with E-state index >= 15 is 0 Å². The predicted octanol–water partition coefficient (Wildman–Crippen LogP) is 4.01. The van der Waals surface area contributed by atoms with Gasteiger partial charge in [0.1, 0.15) is 0 Å². The molecule has 1 aromatic heterocycles. The summed E-state index contributed by atoms with van der Waals surface area (Å²) in [7, 11) is 0. The van der Waals surface area contributed by atoms with Crippen molar-refractivity contribution in [1.82, 2.24) is 5.32 Å². The smallest absolute Gasteiger partial charge is 0.314 e. The van der Waals surface area contributed by atoms with Crippen LogP contribution in [0.1, 0.15) is 43.2 Å². The number of rotatable bonds is 5. The molecule has 0 radical (unpaired) electrons. The molecule has 5 heteroatoms. The lowest BCUT2D eigenvalue weighted by Crippen LogP contribution is -2.19. The highest BCUT2D eigenvalue weighted by molar-refractivity contribution is 7.08. The minimum atomic E-state index is -4.21. The average molecular weight is 263 g/mol. The van der Waals surface area contributed by atoms with Gasteiger partial charge in [-0.15, -0.1) is 0 Å². The third-order valence-electron chi connectivity index (χ3n) is 3.12. The van der Waals surface area contributed by atoms with Gasteiger partial charge in [0.25, 0.3) is 0 Å². The Balaban J connectivity index is 1.93. The van der Waals surface area contributed by atoms with Crippen LogP contribution in [0.5, 0.6) is 0 Å². The fourth-order valence-corrected chi connectivity index (χ4v) is 2.85. The summed E-state index contributed by atoms with van der Waals surface area (Å²) in [5, 5.41) is 6.17. The molecule has 1 aliphatic rings. The van der Waals surface area contributed by atoms with E-state index in [0.29, 0.717) is 11.6 Å². The first-order chi connectivity index (χ1) is 7.98. The van der Waals surface area contributed by atoms with Crippen molar-refractivity contribution in [1.29, 1.82) is 0 Å². The van der Waals surface area contributed by atoms with Crippen LogP contribution in [0.2, 0.25) is 0 Å². The minimum Gasteiger partial charge on any atom is -0.314 e. The zero-order chi connectivity index (χ0) is 12.5. The van der Waals surface area contributed by atoms with E-state index < -0.39 is 11.7 Å². The second-order valence-electron chi connectivity index (χ2n) is 4.66. The van der Waals surface area contributed by atoms with Gasteiger partial charge in [-0.3, -0.25) is 0 Å². The molecule has 1 saturated carbocycles. The minimum absolute atomic E-state index is 0.0378. The first-order valence-corrected chi connectivity index (χ1v) is 6.79. The SMILES string of the molecule is CC(CCNC1CC1)c1cscc1C(F)(F)F. The maximum Gasteiger partial charge on any atom is 0.417 e. The molecule has 1 nitrogen and oxygen atoms in total. The van der Waals surface area contributed by atoms with Crippen LogP contribution in [0.4, 0.5) is 13.2 Å².